The van der Waals surface area contributed by atoms with Crippen LogP contribution in [0.2, 0.25) is 5.02 Å². The molecular weight excluding hydrogens is 413 g/mol. The Morgan fingerprint density at radius 2 is 1.81 bits per heavy atom. The summed E-state index contributed by atoms with van der Waals surface area (Å²) in [5, 5.41) is 7.54. The molecule has 2 aliphatic rings. The van der Waals surface area contributed by atoms with Crippen LogP contribution in [0.1, 0.15) is 50.0 Å². The van der Waals surface area contributed by atoms with Gasteiger partial charge >= 0.3 is 6.03 Å². The number of fused-ring (bicyclic) bond motifs is 1. The van der Waals surface area contributed by atoms with Crippen LogP contribution in [0, 0.1) is 11.2 Å². The Kier molecular flexibility index (Phi) is 5.30. The van der Waals surface area contributed by atoms with Crippen LogP contribution in [-0.4, -0.2) is 17.1 Å². The summed E-state index contributed by atoms with van der Waals surface area (Å²) in [7, 11) is 0. The molecule has 2 saturated carbocycles. The van der Waals surface area contributed by atoms with Crippen LogP contribution in [0.4, 0.5) is 14.9 Å². The third-order valence-corrected chi connectivity index (χ3v) is 7.27. The molecular formula is C25H25ClFN3O. The van der Waals surface area contributed by atoms with Gasteiger partial charge in [0.25, 0.3) is 0 Å². The lowest BCUT2D eigenvalue weighted by atomic mass is 9.56. The topological polar surface area (TPSA) is 54.0 Å². The van der Waals surface area contributed by atoms with Crippen LogP contribution in [0.15, 0.2) is 54.7 Å². The number of amides is 2. The summed E-state index contributed by atoms with van der Waals surface area (Å²) in [4.78, 5) is 16.7. The molecule has 1 heterocycles. The first kappa shape index (κ1) is 20.3. The van der Waals surface area contributed by atoms with Gasteiger partial charge in [-0.1, -0.05) is 11.6 Å². The number of rotatable bonds is 3. The van der Waals surface area contributed by atoms with Gasteiger partial charge in [-0.25, -0.2) is 9.18 Å². The minimum Gasteiger partial charge on any atom is -0.335 e. The summed E-state index contributed by atoms with van der Waals surface area (Å²) in [6.45, 7) is 0. The molecule has 4 nitrogen and oxygen atoms in total. The number of pyridine rings is 1. The average molecular weight is 438 g/mol. The first-order valence-corrected chi connectivity index (χ1v) is 11.2. The van der Waals surface area contributed by atoms with Crippen LogP contribution in [0.5, 0.6) is 0 Å². The van der Waals surface area contributed by atoms with Crippen molar-refractivity contribution < 1.29 is 9.18 Å². The number of urea groups is 1. The standard InChI is InChI=1S/C25H25ClFN3O/c26-17-1-4-19(5-2-17)29-24(31)30-20-14-25(15-20)10-7-16(8-11-25)21-9-12-28-23-6-3-18(27)13-22(21)23/h1-6,9,12-13,16,20H,7-8,10-11,14-15H2,(H2,29,30,31). The second kappa shape index (κ2) is 8.12. The molecule has 3 aromatic rings. The van der Waals surface area contributed by atoms with Gasteiger partial charge in [-0.2, -0.15) is 0 Å². The Hall–Kier alpha value is -2.66. The van der Waals surface area contributed by atoms with Crippen molar-refractivity contribution >= 4 is 34.2 Å². The molecule has 2 amide bonds. The number of carbonyl (C=O) groups is 1. The number of anilines is 1. The highest BCUT2D eigenvalue weighted by Gasteiger charge is 2.46. The van der Waals surface area contributed by atoms with Gasteiger partial charge in [0.05, 0.1) is 5.52 Å². The lowest BCUT2D eigenvalue weighted by Gasteiger charge is -2.51. The minimum atomic E-state index is -0.209. The van der Waals surface area contributed by atoms with E-state index >= 15 is 0 Å². The summed E-state index contributed by atoms with van der Waals surface area (Å²) in [5.41, 5.74) is 3.15. The van der Waals surface area contributed by atoms with Crippen molar-refractivity contribution in [2.45, 2.75) is 50.5 Å². The SMILES string of the molecule is O=C(Nc1ccc(Cl)cc1)NC1CC2(CCC(c3ccnc4ccc(F)cc34)CC2)C1. The van der Waals surface area contributed by atoms with Gasteiger partial charge in [0.2, 0.25) is 0 Å². The Morgan fingerprint density at radius 1 is 1.06 bits per heavy atom. The van der Waals surface area contributed by atoms with E-state index in [2.05, 4.69) is 21.7 Å². The maximum Gasteiger partial charge on any atom is 0.319 e. The Balaban J connectivity index is 1.15. The second-order valence-electron chi connectivity index (χ2n) is 9.05. The molecule has 0 aliphatic heterocycles. The van der Waals surface area contributed by atoms with E-state index in [0.29, 0.717) is 16.4 Å². The van der Waals surface area contributed by atoms with Crippen molar-refractivity contribution in [2.24, 2.45) is 5.41 Å². The van der Waals surface area contributed by atoms with E-state index in [4.69, 9.17) is 11.6 Å². The number of nitrogens with one attached hydrogen (secondary N) is 2. The number of hydrogen-bond acceptors (Lipinski definition) is 2. The van der Waals surface area contributed by atoms with E-state index < -0.39 is 0 Å². The molecule has 0 unspecified atom stereocenters. The highest BCUT2D eigenvalue weighted by molar-refractivity contribution is 6.30. The average Bonchev–Trinajstić information content (AvgIpc) is 2.74. The largest absolute Gasteiger partial charge is 0.335 e. The van der Waals surface area contributed by atoms with E-state index in [0.717, 1.165) is 55.1 Å². The molecule has 0 atom stereocenters. The van der Waals surface area contributed by atoms with Gasteiger partial charge in [-0.3, -0.25) is 4.98 Å². The Labute approximate surface area is 186 Å². The molecule has 2 N–H and O–H groups in total. The number of aromatic nitrogens is 1. The third-order valence-electron chi connectivity index (χ3n) is 7.02. The fourth-order valence-electron chi connectivity index (χ4n) is 5.42. The summed E-state index contributed by atoms with van der Waals surface area (Å²) >= 11 is 5.88. The number of halogens is 2. The van der Waals surface area contributed by atoms with Crippen LogP contribution < -0.4 is 10.6 Å². The molecule has 6 heteroatoms. The monoisotopic (exact) mass is 437 g/mol. The van der Waals surface area contributed by atoms with E-state index in [1.54, 1.807) is 36.4 Å². The van der Waals surface area contributed by atoms with Gasteiger partial charge < -0.3 is 10.6 Å². The molecule has 31 heavy (non-hydrogen) atoms. The van der Waals surface area contributed by atoms with Gasteiger partial charge in [0.15, 0.2) is 0 Å². The molecule has 2 fully saturated rings. The molecule has 0 bridgehead atoms. The van der Waals surface area contributed by atoms with Crippen molar-refractivity contribution in [1.29, 1.82) is 0 Å². The highest BCUT2D eigenvalue weighted by Crippen LogP contribution is 2.54. The molecule has 2 aliphatic carbocycles. The zero-order valence-corrected chi connectivity index (χ0v) is 18.0. The lowest BCUT2D eigenvalue weighted by molar-refractivity contribution is 0.0378. The second-order valence-corrected chi connectivity index (χ2v) is 9.48. The predicted molar refractivity (Wildman–Crippen MR) is 122 cm³/mol. The van der Waals surface area contributed by atoms with Crippen LogP contribution in [0.25, 0.3) is 10.9 Å². The van der Waals surface area contributed by atoms with Gasteiger partial charge in [0.1, 0.15) is 5.82 Å². The van der Waals surface area contributed by atoms with Crippen molar-refractivity contribution in [3.63, 3.8) is 0 Å². The fraction of sp³-hybridized carbons (Fsp3) is 0.360. The van der Waals surface area contributed by atoms with Crippen molar-refractivity contribution in [3.8, 4) is 0 Å². The molecule has 1 aromatic heterocycles. The van der Waals surface area contributed by atoms with Crippen molar-refractivity contribution in [2.75, 3.05) is 5.32 Å². The molecule has 2 aromatic carbocycles. The molecule has 5 rings (SSSR count). The van der Waals surface area contributed by atoms with Crippen LogP contribution in [-0.2, 0) is 0 Å². The quantitative estimate of drug-likeness (QED) is 0.481. The zero-order chi connectivity index (χ0) is 21.4. The van der Waals surface area contributed by atoms with E-state index in [1.165, 1.54) is 11.6 Å². The summed E-state index contributed by atoms with van der Waals surface area (Å²) in [6, 6.07) is 14.1. The van der Waals surface area contributed by atoms with E-state index in [1.807, 2.05) is 6.20 Å². The van der Waals surface area contributed by atoms with Gasteiger partial charge in [0, 0.05) is 28.3 Å². The molecule has 0 saturated heterocycles. The first-order chi connectivity index (χ1) is 15.0. The Morgan fingerprint density at radius 3 is 2.55 bits per heavy atom. The summed E-state index contributed by atoms with van der Waals surface area (Å²) in [5.74, 6) is 0.233. The van der Waals surface area contributed by atoms with Gasteiger partial charge in [-0.05, 0) is 104 Å². The third kappa shape index (κ3) is 4.24. The lowest BCUT2D eigenvalue weighted by Crippen LogP contribution is -2.52. The van der Waals surface area contributed by atoms with Crippen molar-refractivity contribution in [1.82, 2.24) is 10.3 Å². The smallest absolute Gasteiger partial charge is 0.319 e. The molecule has 160 valence electrons. The normalized spacial score (nSPS) is 25.2. The number of benzene rings is 2. The minimum absolute atomic E-state index is 0.166. The number of hydrogen-bond donors (Lipinski definition) is 2. The van der Waals surface area contributed by atoms with Crippen LogP contribution >= 0.6 is 11.6 Å². The predicted octanol–water partition coefficient (Wildman–Crippen LogP) is 6.66. The zero-order valence-electron chi connectivity index (χ0n) is 17.2. The molecule has 0 radical (unpaired) electrons. The number of carbonyl (C=O) groups excluding carboxylic acids is 1. The Bertz CT molecular complexity index is 1100. The first-order valence-electron chi connectivity index (χ1n) is 10.9. The molecule has 1 spiro atoms. The fourth-order valence-corrected chi connectivity index (χ4v) is 5.54. The van der Waals surface area contributed by atoms with Crippen molar-refractivity contribution in [3.05, 3.63) is 71.1 Å². The summed E-state index contributed by atoms with van der Waals surface area (Å²) in [6.07, 6.45) is 8.38. The van der Waals surface area contributed by atoms with Gasteiger partial charge in [-0.15, -0.1) is 0 Å². The van der Waals surface area contributed by atoms with Crippen LogP contribution in [0.3, 0.4) is 0 Å². The maximum absolute atomic E-state index is 13.8. The number of nitrogens with zero attached hydrogens (tertiary/aromatic N) is 1. The summed E-state index contributed by atoms with van der Waals surface area (Å²) < 4.78 is 13.8. The van der Waals surface area contributed by atoms with E-state index in [9.17, 15) is 9.18 Å². The maximum atomic E-state index is 13.8. The van der Waals surface area contributed by atoms with E-state index in [-0.39, 0.29) is 17.9 Å². The highest BCUT2D eigenvalue weighted by atomic mass is 35.5.